The third kappa shape index (κ3) is 3.83. The van der Waals surface area contributed by atoms with Crippen LogP contribution in [0.5, 0.6) is 0 Å². The van der Waals surface area contributed by atoms with Gasteiger partial charge in [0.05, 0.1) is 15.7 Å². The molecule has 0 bridgehead atoms. The van der Waals surface area contributed by atoms with E-state index in [4.69, 9.17) is 28.9 Å². The maximum absolute atomic E-state index is 12.9. The monoisotopic (exact) mass is 328 g/mol. The van der Waals surface area contributed by atoms with Crippen LogP contribution in [0.3, 0.4) is 0 Å². The first kappa shape index (κ1) is 16.4. The molecule has 3 nitrogen and oxygen atoms in total. The Kier molecular flexibility index (Phi) is 5.39. The smallest absolute Gasteiger partial charge is 0.254 e. The number of anilines is 1. The molecule has 1 aliphatic carbocycles. The van der Waals surface area contributed by atoms with Gasteiger partial charge in [0, 0.05) is 18.2 Å². The molecule has 1 aromatic rings. The van der Waals surface area contributed by atoms with E-state index in [1.54, 1.807) is 12.1 Å². The molecule has 2 rings (SSSR count). The molecule has 1 fully saturated rings. The lowest BCUT2D eigenvalue weighted by Gasteiger charge is -2.31. The first-order valence-electron chi connectivity index (χ1n) is 7.45. The third-order valence-corrected chi connectivity index (χ3v) is 4.54. The lowest BCUT2D eigenvalue weighted by Crippen LogP contribution is -2.41. The van der Waals surface area contributed by atoms with Crippen LogP contribution >= 0.6 is 23.2 Å². The van der Waals surface area contributed by atoms with Gasteiger partial charge in [-0.15, -0.1) is 0 Å². The molecule has 1 saturated carbocycles. The highest BCUT2D eigenvalue weighted by Gasteiger charge is 2.28. The highest BCUT2D eigenvalue weighted by Crippen LogP contribution is 2.31. The Bertz CT molecular complexity index is 502. The van der Waals surface area contributed by atoms with Crippen LogP contribution < -0.4 is 5.73 Å². The summed E-state index contributed by atoms with van der Waals surface area (Å²) in [5.74, 6) is 0.425. The number of nitrogen functional groups attached to an aromatic ring is 1. The zero-order valence-corrected chi connectivity index (χ0v) is 14.0. The molecular weight excluding hydrogens is 307 g/mol. The largest absolute Gasteiger partial charge is 0.396 e. The Morgan fingerprint density at radius 1 is 1.29 bits per heavy atom. The van der Waals surface area contributed by atoms with Gasteiger partial charge in [-0.2, -0.15) is 0 Å². The number of carbonyl (C=O) groups excluding carboxylic acids is 1. The van der Waals surface area contributed by atoms with E-state index in [1.165, 1.54) is 12.8 Å². The molecule has 21 heavy (non-hydrogen) atoms. The summed E-state index contributed by atoms with van der Waals surface area (Å²) in [6, 6.07) is 3.57. The SMILES string of the molecule is CC(C)CN(C(=O)c1cc(Cl)c(N)c(Cl)c1)C1CCCC1. The van der Waals surface area contributed by atoms with E-state index >= 15 is 0 Å². The van der Waals surface area contributed by atoms with E-state index in [1.807, 2.05) is 4.90 Å². The fourth-order valence-electron chi connectivity index (χ4n) is 2.88. The van der Waals surface area contributed by atoms with E-state index in [0.717, 1.165) is 19.4 Å². The van der Waals surface area contributed by atoms with Gasteiger partial charge in [0.1, 0.15) is 0 Å². The van der Waals surface area contributed by atoms with Crippen LogP contribution in [0.25, 0.3) is 0 Å². The number of carbonyl (C=O) groups is 1. The summed E-state index contributed by atoms with van der Waals surface area (Å²) in [6.07, 6.45) is 4.54. The summed E-state index contributed by atoms with van der Waals surface area (Å²) >= 11 is 12.1. The molecule has 0 heterocycles. The Hall–Kier alpha value is -0.930. The molecule has 0 unspecified atom stereocenters. The number of rotatable bonds is 4. The summed E-state index contributed by atoms with van der Waals surface area (Å²) in [5.41, 5.74) is 6.59. The van der Waals surface area contributed by atoms with Gasteiger partial charge in [-0.25, -0.2) is 0 Å². The molecule has 1 aliphatic rings. The Morgan fingerprint density at radius 3 is 2.29 bits per heavy atom. The van der Waals surface area contributed by atoms with E-state index in [2.05, 4.69) is 13.8 Å². The van der Waals surface area contributed by atoms with Crippen molar-refractivity contribution in [3.8, 4) is 0 Å². The summed E-state index contributed by atoms with van der Waals surface area (Å²) in [7, 11) is 0. The van der Waals surface area contributed by atoms with Crippen molar-refractivity contribution in [2.75, 3.05) is 12.3 Å². The number of benzene rings is 1. The fraction of sp³-hybridized carbons (Fsp3) is 0.562. The van der Waals surface area contributed by atoms with Crippen molar-refractivity contribution in [1.29, 1.82) is 0 Å². The van der Waals surface area contributed by atoms with Crippen LogP contribution in [-0.2, 0) is 0 Å². The van der Waals surface area contributed by atoms with Crippen molar-refractivity contribution in [2.24, 2.45) is 5.92 Å². The lowest BCUT2D eigenvalue weighted by atomic mass is 10.1. The molecule has 0 aromatic heterocycles. The van der Waals surface area contributed by atoms with Crippen molar-refractivity contribution < 1.29 is 4.79 Å². The summed E-state index contributed by atoms with van der Waals surface area (Å²) in [4.78, 5) is 14.8. The topological polar surface area (TPSA) is 46.3 Å². The van der Waals surface area contributed by atoms with Crippen molar-refractivity contribution in [2.45, 2.75) is 45.6 Å². The van der Waals surface area contributed by atoms with Crippen LogP contribution in [0.15, 0.2) is 12.1 Å². The van der Waals surface area contributed by atoms with Gasteiger partial charge in [0.2, 0.25) is 0 Å². The minimum absolute atomic E-state index is 0.000556. The normalized spacial score (nSPS) is 15.7. The Balaban J connectivity index is 2.28. The summed E-state index contributed by atoms with van der Waals surface area (Å²) in [5, 5.41) is 0.670. The minimum atomic E-state index is -0.000556. The first-order valence-corrected chi connectivity index (χ1v) is 8.21. The van der Waals surface area contributed by atoms with Crippen molar-refractivity contribution in [3.05, 3.63) is 27.7 Å². The van der Waals surface area contributed by atoms with E-state index in [-0.39, 0.29) is 5.91 Å². The third-order valence-electron chi connectivity index (χ3n) is 3.91. The second kappa shape index (κ2) is 6.89. The Labute approximate surface area is 136 Å². The van der Waals surface area contributed by atoms with E-state index in [0.29, 0.717) is 33.3 Å². The van der Waals surface area contributed by atoms with Gasteiger partial charge in [0.25, 0.3) is 5.91 Å². The quantitative estimate of drug-likeness (QED) is 0.820. The number of amides is 1. The van der Waals surface area contributed by atoms with Gasteiger partial charge in [-0.1, -0.05) is 49.9 Å². The van der Waals surface area contributed by atoms with Crippen LogP contribution in [0.2, 0.25) is 10.0 Å². The minimum Gasteiger partial charge on any atom is -0.396 e. The molecule has 1 amide bonds. The average Bonchev–Trinajstić information content (AvgIpc) is 2.94. The second-order valence-electron chi connectivity index (χ2n) is 6.14. The highest BCUT2D eigenvalue weighted by atomic mass is 35.5. The molecule has 116 valence electrons. The van der Waals surface area contributed by atoms with Crippen molar-refractivity contribution >= 4 is 34.8 Å². The number of nitrogens with zero attached hydrogens (tertiary/aromatic N) is 1. The zero-order chi connectivity index (χ0) is 15.6. The van der Waals surface area contributed by atoms with Gasteiger partial charge >= 0.3 is 0 Å². The Morgan fingerprint density at radius 2 is 1.81 bits per heavy atom. The number of nitrogens with two attached hydrogens (primary N) is 1. The number of halogens is 2. The summed E-state index contributed by atoms with van der Waals surface area (Å²) in [6.45, 7) is 5.00. The van der Waals surface area contributed by atoms with Crippen molar-refractivity contribution in [3.63, 3.8) is 0 Å². The van der Waals surface area contributed by atoms with E-state index in [9.17, 15) is 4.79 Å². The maximum atomic E-state index is 12.9. The zero-order valence-electron chi connectivity index (χ0n) is 12.5. The fourth-order valence-corrected chi connectivity index (χ4v) is 3.37. The average molecular weight is 329 g/mol. The van der Waals surface area contributed by atoms with Crippen LogP contribution in [-0.4, -0.2) is 23.4 Å². The molecule has 2 N–H and O–H groups in total. The van der Waals surface area contributed by atoms with Gasteiger partial charge in [0.15, 0.2) is 0 Å². The van der Waals surface area contributed by atoms with Gasteiger partial charge in [-0.05, 0) is 30.9 Å². The maximum Gasteiger partial charge on any atom is 0.254 e. The molecule has 0 aliphatic heterocycles. The molecule has 0 atom stereocenters. The van der Waals surface area contributed by atoms with Crippen LogP contribution in [0.1, 0.15) is 49.9 Å². The standard InChI is InChI=1S/C16H22Cl2N2O/c1-10(2)9-20(12-5-3-4-6-12)16(21)11-7-13(17)15(19)14(18)8-11/h7-8,10,12H,3-6,9,19H2,1-2H3. The lowest BCUT2D eigenvalue weighted by molar-refractivity contribution is 0.0655. The van der Waals surface area contributed by atoms with Gasteiger partial charge in [-0.3, -0.25) is 4.79 Å². The first-order chi connectivity index (χ1) is 9.90. The van der Waals surface area contributed by atoms with E-state index < -0.39 is 0 Å². The summed E-state index contributed by atoms with van der Waals surface area (Å²) < 4.78 is 0. The van der Waals surface area contributed by atoms with Gasteiger partial charge < -0.3 is 10.6 Å². The van der Waals surface area contributed by atoms with Crippen molar-refractivity contribution in [1.82, 2.24) is 4.90 Å². The van der Waals surface area contributed by atoms with Crippen LogP contribution in [0.4, 0.5) is 5.69 Å². The highest BCUT2D eigenvalue weighted by molar-refractivity contribution is 6.39. The molecule has 0 radical (unpaired) electrons. The molecular formula is C16H22Cl2N2O. The predicted molar refractivity (Wildman–Crippen MR) is 89.0 cm³/mol. The number of hydrogen-bond acceptors (Lipinski definition) is 2. The molecule has 1 aromatic carbocycles. The molecule has 0 spiro atoms. The molecule has 0 saturated heterocycles. The number of hydrogen-bond donors (Lipinski definition) is 1. The second-order valence-corrected chi connectivity index (χ2v) is 6.96. The predicted octanol–water partition coefficient (Wildman–Crippen LogP) is 4.62. The molecule has 5 heteroatoms. The van der Waals surface area contributed by atoms with Crippen LogP contribution in [0, 0.1) is 5.92 Å².